The summed E-state index contributed by atoms with van der Waals surface area (Å²) in [6.07, 6.45) is 1.01. The van der Waals surface area contributed by atoms with E-state index >= 15 is 0 Å². The van der Waals surface area contributed by atoms with Gasteiger partial charge in [0.2, 0.25) is 0 Å². The quantitative estimate of drug-likeness (QED) is 0.732. The minimum absolute atomic E-state index is 0.106. The summed E-state index contributed by atoms with van der Waals surface area (Å²) >= 11 is 7.41. The van der Waals surface area contributed by atoms with E-state index in [1.165, 1.54) is 11.3 Å². The van der Waals surface area contributed by atoms with Crippen LogP contribution in [0.3, 0.4) is 0 Å². The number of likely N-dealkylation sites (tertiary alicyclic amines) is 1. The van der Waals surface area contributed by atoms with Crippen molar-refractivity contribution in [3.8, 4) is 0 Å². The lowest BCUT2D eigenvalue weighted by atomic mass is 9.93. The van der Waals surface area contributed by atoms with Gasteiger partial charge in [-0.25, -0.2) is 0 Å². The predicted molar refractivity (Wildman–Crippen MR) is 63.7 cm³/mol. The summed E-state index contributed by atoms with van der Waals surface area (Å²) in [5.41, 5.74) is 0.106. The molecule has 2 heterocycles. The van der Waals surface area contributed by atoms with E-state index in [1.807, 2.05) is 22.4 Å². The Hall–Kier alpha value is -0.540. The maximum Gasteiger partial charge on any atom is 0.263 e. The summed E-state index contributed by atoms with van der Waals surface area (Å²) < 4.78 is 0. The molecule has 1 aromatic heterocycles. The van der Waals surface area contributed by atoms with Crippen LogP contribution in [0.5, 0.6) is 0 Å². The van der Waals surface area contributed by atoms with Crippen molar-refractivity contribution in [2.45, 2.75) is 13.3 Å². The summed E-state index contributed by atoms with van der Waals surface area (Å²) in [4.78, 5) is 14.7. The van der Waals surface area contributed by atoms with E-state index in [0.29, 0.717) is 5.88 Å². The second kappa shape index (κ2) is 4.14. The van der Waals surface area contributed by atoms with Crippen LogP contribution >= 0.6 is 22.9 Å². The van der Waals surface area contributed by atoms with Gasteiger partial charge in [0, 0.05) is 24.4 Å². The van der Waals surface area contributed by atoms with Crippen molar-refractivity contribution in [3.63, 3.8) is 0 Å². The summed E-state index contributed by atoms with van der Waals surface area (Å²) in [5, 5.41) is 1.93. The Balaban J connectivity index is 2.06. The predicted octanol–water partition coefficient (Wildman–Crippen LogP) is 2.84. The van der Waals surface area contributed by atoms with E-state index in [1.54, 1.807) is 0 Å². The van der Waals surface area contributed by atoms with Crippen LogP contribution in [0.15, 0.2) is 17.5 Å². The average molecular weight is 244 g/mol. The van der Waals surface area contributed by atoms with Gasteiger partial charge < -0.3 is 4.90 Å². The van der Waals surface area contributed by atoms with Crippen LogP contribution in [0.1, 0.15) is 23.0 Å². The Morgan fingerprint density at radius 3 is 3.07 bits per heavy atom. The molecule has 2 nitrogen and oxygen atoms in total. The highest BCUT2D eigenvalue weighted by Crippen LogP contribution is 2.32. The molecule has 1 amide bonds. The molecule has 0 aliphatic carbocycles. The Labute approximate surface area is 98.8 Å². The van der Waals surface area contributed by atoms with Gasteiger partial charge in [-0.15, -0.1) is 22.9 Å². The van der Waals surface area contributed by atoms with Crippen molar-refractivity contribution in [3.05, 3.63) is 22.4 Å². The first-order valence-corrected chi connectivity index (χ1v) is 6.45. The van der Waals surface area contributed by atoms with Gasteiger partial charge in [-0.2, -0.15) is 0 Å². The summed E-state index contributed by atoms with van der Waals surface area (Å²) in [5.74, 6) is 0.778. The van der Waals surface area contributed by atoms with Crippen LogP contribution < -0.4 is 0 Å². The van der Waals surface area contributed by atoms with Crippen LogP contribution in [-0.4, -0.2) is 29.8 Å². The molecule has 1 aliphatic heterocycles. The molecule has 1 aliphatic rings. The van der Waals surface area contributed by atoms with Gasteiger partial charge in [0.25, 0.3) is 5.91 Å². The van der Waals surface area contributed by atoms with Crippen molar-refractivity contribution in [2.24, 2.45) is 5.41 Å². The molecular weight excluding hydrogens is 230 g/mol. The number of amides is 1. The molecule has 0 N–H and O–H groups in total. The van der Waals surface area contributed by atoms with Crippen LogP contribution in [0, 0.1) is 5.41 Å². The SMILES string of the molecule is CC1(CCl)CCN(C(=O)c2cccs2)C1. The molecule has 0 saturated carbocycles. The molecule has 0 spiro atoms. The second-order valence-electron chi connectivity index (χ2n) is 4.40. The Morgan fingerprint density at radius 2 is 2.53 bits per heavy atom. The van der Waals surface area contributed by atoms with Crippen molar-refractivity contribution >= 4 is 28.8 Å². The highest BCUT2D eigenvalue weighted by Gasteiger charge is 2.35. The third-order valence-electron chi connectivity index (χ3n) is 2.90. The molecule has 1 atom stereocenters. The zero-order valence-electron chi connectivity index (χ0n) is 8.70. The lowest BCUT2D eigenvalue weighted by Gasteiger charge is -2.21. The Morgan fingerprint density at radius 1 is 1.73 bits per heavy atom. The average Bonchev–Trinajstić information content (AvgIpc) is 2.86. The van der Waals surface area contributed by atoms with E-state index in [9.17, 15) is 4.79 Å². The smallest absolute Gasteiger partial charge is 0.263 e. The summed E-state index contributed by atoms with van der Waals surface area (Å²) in [6, 6.07) is 3.79. The normalized spacial score (nSPS) is 25.9. The fourth-order valence-corrected chi connectivity index (χ4v) is 2.77. The number of hydrogen-bond acceptors (Lipinski definition) is 2. The van der Waals surface area contributed by atoms with Gasteiger partial charge in [0.05, 0.1) is 4.88 Å². The molecule has 0 bridgehead atoms. The second-order valence-corrected chi connectivity index (χ2v) is 5.61. The van der Waals surface area contributed by atoms with Crippen LogP contribution in [-0.2, 0) is 0 Å². The number of carbonyl (C=O) groups is 1. The number of carbonyl (C=O) groups excluding carboxylic acids is 1. The topological polar surface area (TPSA) is 20.3 Å². The first-order chi connectivity index (χ1) is 7.14. The van der Waals surface area contributed by atoms with E-state index < -0.39 is 0 Å². The minimum atomic E-state index is 0.106. The van der Waals surface area contributed by atoms with Crippen LogP contribution in [0.25, 0.3) is 0 Å². The summed E-state index contributed by atoms with van der Waals surface area (Å²) in [6.45, 7) is 3.76. The molecule has 2 rings (SSSR count). The van der Waals surface area contributed by atoms with Gasteiger partial charge in [-0.05, 0) is 17.9 Å². The zero-order chi connectivity index (χ0) is 10.9. The first-order valence-electron chi connectivity index (χ1n) is 5.03. The van der Waals surface area contributed by atoms with Crippen molar-refractivity contribution in [1.82, 2.24) is 4.90 Å². The van der Waals surface area contributed by atoms with E-state index in [0.717, 1.165) is 24.4 Å². The molecule has 1 saturated heterocycles. The van der Waals surface area contributed by atoms with Gasteiger partial charge in [0.15, 0.2) is 0 Å². The monoisotopic (exact) mass is 243 g/mol. The molecule has 4 heteroatoms. The fraction of sp³-hybridized carbons (Fsp3) is 0.545. The number of rotatable bonds is 2. The molecule has 15 heavy (non-hydrogen) atoms. The maximum atomic E-state index is 12.0. The summed E-state index contributed by atoms with van der Waals surface area (Å²) in [7, 11) is 0. The van der Waals surface area contributed by atoms with Gasteiger partial charge in [-0.3, -0.25) is 4.79 Å². The third kappa shape index (κ3) is 2.18. The fourth-order valence-electron chi connectivity index (χ4n) is 1.86. The van der Waals surface area contributed by atoms with Crippen molar-refractivity contribution in [1.29, 1.82) is 0 Å². The number of thiophene rings is 1. The maximum absolute atomic E-state index is 12.0. The first kappa shape index (κ1) is 11.0. The highest BCUT2D eigenvalue weighted by molar-refractivity contribution is 7.12. The molecule has 1 aromatic rings. The number of halogens is 1. The van der Waals surface area contributed by atoms with Gasteiger partial charge in [0.1, 0.15) is 0 Å². The van der Waals surface area contributed by atoms with Crippen molar-refractivity contribution in [2.75, 3.05) is 19.0 Å². The van der Waals surface area contributed by atoms with Gasteiger partial charge >= 0.3 is 0 Å². The lowest BCUT2D eigenvalue weighted by molar-refractivity contribution is 0.0783. The van der Waals surface area contributed by atoms with E-state index in [4.69, 9.17) is 11.6 Å². The highest BCUT2D eigenvalue weighted by atomic mass is 35.5. The Bertz CT molecular complexity index is 351. The van der Waals surface area contributed by atoms with Crippen LogP contribution in [0.4, 0.5) is 0 Å². The van der Waals surface area contributed by atoms with Crippen LogP contribution in [0.2, 0.25) is 0 Å². The van der Waals surface area contributed by atoms with Gasteiger partial charge in [-0.1, -0.05) is 13.0 Å². The third-order valence-corrected chi connectivity index (χ3v) is 4.40. The molecule has 1 fully saturated rings. The largest absolute Gasteiger partial charge is 0.337 e. The minimum Gasteiger partial charge on any atom is -0.337 e. The van der Waals surface area contributed by atoms with Crippen molar-refractivity contribution < 1.29 is 4.79 Å². The molecule has 0 aromatic carbocycles. The molecular formula is C11H14ClNOS. The van der Waals surface area contributed by atoms with E-state index in [-0.39, 0.29) is 11.3 Å². The number of hydrogen-bond donors (Lipinski definition) is 0. The lowest BCUT2D eigenvalue weighted by Crippen LogP contribution is -2.31. The standard InChI is InChI=1S/C11H14ClNOS/c1-11(7-12)4-5-13(8-11)10(14)9-3-2-6-15-9/h2-3,6H,4-5,7-8H2,1H3. The van der Waals surface area contributed by atoms with E-state index in [2.05, 4.69) is 6.92 Å². The molecule has 82 valence electrons. The Kier molecular flexibility index (Phi) is 3.03. The number of nitrogens with zero attached hydrogens (tertiary/aromatic N) is 1. The molecule has 1 unspecified atom stereocenters. The number of alkyl halides is 1. The molecule has 0 radical (unpaired) electrons. The zero-order valence-corrected chi connectivity index (χ0v) is 10.3.